The van der Waals surface area contributed by atoms with Crippen molar-refractivity contribution in [3.05, 3.63) is 140 Å². The Balaban J connectivity index is 1.46. The molecule has 0 aliphatic carbocycles. The zero-order valence-corrected chi connectivity index (χ0v) is 20.7. The number of aromatic amines is 1. The van der Waals surface area contributed by atoms with Crippen LogP contribution in [0.15, 0.2) is 140 Å². The fourth-order valence-corrected chi connectivity index (χ4v) is 5.93. The molecule has 0 aliphatic rings. The average Bonchev–Trinajstić information content (AvgIpc) is 3.53. The number of hydrogen-bond acceptors (Lipinski definition) is 0. The molecule has 0 fully saturated rings. The Labute approximate surface area is 220 Å². The fourth-order valence-electron chi connectivity index (χ4n) is 5.93. The maximum absolute atomic E-state index is 3.80. The van der Waals surface area contributed by atoms with E-state index >= 15 is 0 Å². The Kier molecular flexibility index (Phi) is 4.55. The quantitative estimate of drug-likeness (QED) is 0.258. The molecule has 2 aromatic heterocycles. The lowest BCUT2D eigenvalue weighted by atomic mass is 10.0. The maximum Gasteiger partial charge on any atom is 0.0804 e. The highest BCUT2D eigenvalue weighted by Crippen LogP contribution is 2.41. The standard InChI is InChI=1S/C36H24N2/c1-3-9-24(10-4-1)26-15-19-29(20-16-26)38-33-22-18-28(25-11-5-2-6-12-25)23-31(33)35-36(38)34-30-14-8-7-13-27(30)17-21-32(34)37-35/h1-23,37H. The predicted molar refractivity (Wildman–Crippen MR) is 161 cm³/mol. The van der Waals surface area contributed by atoms with Crippen LogP contribution in [0.25, 0.3) is 71.6 Å². The van der Waals surface area contributed by atoms with Gasteiger partial charge in [-0.05, 0) is 63.4 Å². The normalized spacial score (nSPS) is 11.7. The van der Waals surface area contributed by atoms with E-state index < -0.39 is 0 Å². The van der Waals surface area contributed by atoms with Crippen LogP contribution in [0.3, 0.4) is 0 Å². The second-order valence-corrected chi connectivity index (χ2v) is 9.90. The van der Waals surface area contributed by atoms with E-state index in [1.807, 2.05) is 0 Å². The van der Waals surface area contributed by atoms with Crippen molar-refractivity contribution in [1.82, 2.24) is 9.55 Å². The molecule has 0 atom stereocenters. The molecule has 8 rings (SSSR count). The molecule has 178 valence electrons. The lowest BCUT2D eigenvalue weighted by molar-refractivity contribution is 1.19. The first-order valence-corrected chi connectivity index (χ1v) is 13.0. The van der Waals surface area contributed by atoms with Gasteiger partial charge in [-0.2, -0.15) is 0 Å². The Bertz CT molecular complexity index is 2100. The van der Waals surface area contributed by atoms with Crippen LogP contribution < -0.4 is 0 Å². The van der Waals surface area contributed by atoms with Crippen molar-refractivity contribution in [2.75, 3.05) is 0 Å². The Morgan fingerprint density at radius 1 is 0.474 bits per heavy atom. The molecule has 0 amide bonds. The van der Waals surface area contributed by atoms with Gasteiger partial charge in [0.15, 0.2) is 0 Å². The van der Waals surface area contributed by atoms with Gasteiger partial charge < -0.3 is 9.55 Å². The zero-order chi connectivity index (χ0) is 25.1. The van der Waals surface area contributed by atoms with Gasteiger partial charge in [-0.3, -0.25) is 0 Å². The van der Waals surface area contributed by atoms with Gasteiger partial charge in [0.05, 0.1) is 16.6 Å². The summed E-state index contributed by atoms with van der Waals surface area (Å²) in [6.45, 7) is 0. The highest BCUT2D eigenvalue weighted by molar-refractivity contribution is 6.25. The third kappa shape index (κ3) is 3.14. The third-order valence-corrected chi connectivity index (χ3v) is 7.73. The number of H-pyrrole nitrogens is 1. The van der Waals surface area contributed by atoms with Crippen molar-refractivity contribution >= 4 is 43.6 Å². The first kappa shape index (κ1) is 21.0. The van der Waals surface area contributed by atoms with Gasteiger partial charge in [-0.15, -0.1) is 0 Å². The molecule has 2 nitrogen and oxygen atoms in total. The average molecular weight is 485 g/mol. The lowest BCUT2D eigenvalue weighted by Gasteiger charge is -2.11. The molecule has 0 spiro atoms. The van der Waals surface area contributed by atoms with Crippen molar-refractivity contribution in [2.24, 2.45) is 0 Å². The largest absolute Gasteiger partial charge is 0.353 e. The van der Waals surface area contributed by atoms with Gasteiger partial charge >= 0.3 is 0 Å². The second-order valence-electron chi connectivity index (χ2n) is 9.90. The van der Waals surface area contributed by atoms with E-state index in [9.17, 15) is 0 Å². The summed E-state index contributed by atoms with van der Waals surface area (Å²) in [6, 6.07) is 50.1. The van der Waals surface area contributed by atoms with Crippen LogP contribution in [0, 0.1) is 0 Å². The van der Waals surface area contributed by atoms with E-state index in [0.717, 1.165) is 11.2 Å². The van der Waals surface area contributed by atoms with E-state index in [1.54, 1.807) is 0 Å². The molecule has 2 heteroatoms. The lowest BCUT2D eigenvalue weighted by Crippen LogP contribution is -1.94. The van der Waals surface area contributed by atoms with Crippen LogP contribution in [-0.4, -0.2) is 9.55 Å². The van der Waals surface area contributed by atoms with Crippen molar-refractivity contribution < 1.29 is 0 Å². The maximum atomic E-state index is 3.80. The van der Waals surface area contributed by atoms with E-state index in [1.165, 1.54) is 60.3 Å². The minimum atomic E-state index is 1.16. The number of nitrogens with one attached hydrogen (secondary N) is 1. The van der Waals surface area contributed by atoms with Gasteiger partial charge in [0.2, 0.25) is 0 Å². The highest BCUT2D eigenvalue weighted by Gasteiger charge is 2.19. The van der Waals surface area contributed by atoms with Crippen LogP contribution in [0.5, 0.6) is 0 Å². The first-order valence-electron chi connectivity index (χ1n) is 13.0. The Hall–Kier alpha value is -5.08. The van der Waals surface area contributed by atoms with Gasteiger partial charge in [0.1, 0.15) is 0 Å². The van der Waals surface area contributed by atoms with Gasteiger partial charge in [-0.1, -0.05) is 109 Å². The van der Waals surface area contributed by atoms with Crippen LogP contribution >= 0.6 is 0 Å². The molecule has 0 saturated carbocycles. The number of benzene rings is 6. The molecular formula is C36H24N2. The van der Waals surface area contributed by atoms with Crippen molar-refractivity contribution in [2.45, 2.75) is 0 Å². The Morgan fingerprint density at radius 2 is 1.11 bits per heavy atom. The molecule has 0 aliphatic heterocycles. The minimum absolute atomic E-state index is 1.16. The number of rotatable bonds is 3. The molecule has 0 bridgehead atoms. The van der Waals surface area contributed by atoms with Gasteiger partial charge in [0.25, 0.3) is 0 Å². The zero-order valence-electron chi connectivity index (χ0n) is 20.7. The fraction of sp³-hybridized carbons (Fsp3) is 0. The molecule has 0 unspecified atom stereocenters. The SMILES string of the molecule is c1ccc(-c2ccc(-n3c4ccc(-c5ccccc5)cc4c4[nH]c5ccc6ccccc6c5c43)cc2)cc1. The summed E-state index contributed by atoms with van der Waals surface area (Å²) in [5.41, 5.74) is 10.8. The topological polar surface area (TPSA) is 20.7 Å². The van der Waals surface area contributed by atoms with E-state index in [4.69, 9.17) is 0 Å². The number of nitrogens with zero attached hydrogens (tertiary/aromatic N) is 1. The summed E-state index contributed by atoms with van der Waals surface area (Å²) < 4.78 is 2.43. The third-order valence-electron chi connectivity index (χ3n) is 7.73. The van der Waals surface area contributed by atoms with Crippen LogP contribution in [0.2, 0.25) is 0 Å². The summed E-state index contributed by atoms with van der Waals surface area (Å²) in [4.78, 5) is 3.80. The van der Waals surface area contributed by atoms with E-state index in [-0.39, 0.29) is 0 Å². The summed E-state index contributed by atoms with van der Waals surface area (Å²) in [5, 5.41) is 5.02. The summed E-state index contributed by atoms with van der Waals surface area (Å²) in [7, 11) is 0. The van der Waals surface area contributed by atoms with Crippen molar-refractivity contribution in [3.8, 4) is 27.9 Å². The number of hydrogen-bond donors (Lipinski definition) is 1. The summed E-state index contributed by atoms with van der Waals surface area (Å²) in [6.07, 6.45) is 0. The molecule has 2 heterocycles. The predicted octanol–water partition coefficient (Wildman–Crippen LogP) is 9.75. The first-order chi connectivity index (χ1) is 18.8. The molecule has 0 radical (unpaired) electrons. The number of aromatic nitrogens is 2. The number of fused-ring (bicyclic) bond motifs is 7. The monoisotopic (exact) mass is 484 g/mol. The minimum Gasteiger partial charge on any atom is -0.353 e. The van der Waals surface area contributed by atoms with Gasteiger partial charge in [0, 0.05) is 22.0 Å². The highest BCUT2D eigenvalue weighted by atomic mass is 15.0. The smallest absolute Gasteiger partial charge is 0.0804 e. The molecule has 1 N–H and O–H groups in total. The Morgan fingerprint density at radius 3 is 1.87 bits per heavy atom. The summed E-state index contributed by atoms with van der Waals surface area (Å²) >= 11 is 0. The molecule has 0 saturated heterocycles. The second kappa shape index (κ2) is 8.22. The van der Waals surface area contributed by atoms with E-state index in [0.29, 0.717) is 0 Å². The van der Waals surface area contributed by atoms with Gasteiger partial charge in [-0.25, -0.2) is 0 Å². The van der Waals surface area contributed by atoms with Crippen molar-refractivity contribution in [3.63, 3.8) is 0 Å². The van der Waals surface area contributed by atoms with Crippen LogP contribution in [0.4, 0.5) is 0 Å². The molecule has 38 heavy (non-hydrogen) atoms. The molecule has 6 aromatic carbocycles. The van der Waals surface area contributed by atoms with E-state index in [2.05, 4.69) is 149 Å². The molecular weight excluding hydrogens is 460 g/mol. The molecule has 8 aromatic rings. The van der Waals surface area contributed by atoms with Crippen LogP contribution in [0.1, 0.15) is 0 Å². The van der Waals surface area contributed by atoms with Crippen LogP contribution in [-0.2, 0) is 0 Å². The van der Waals surface area contributed by atoms with Crippen molar-refractivity contribution in [1.29, 1.82) is 0 Å². The summed E-state index contributed by atoms with van der Waals surface area (Å²) in [5.74, 6) is 0.